The van der Waals surface area contributed by atoms with E-state index in [1.54, 1.807) is 12.1 Å². The Balaban J connectivity index is 1.42. The summed E-state index contributed by atoms with van der Waals surface area (Å²) in [5, 5.41) is 20.4. The van der Waals surface area contributed by atoms with Gasteiger partial charge in [0.15, 0.2) is 0 Å². The normalized spacial score (nSPS) is 16.5. The van der Waals surface area contributed by atoms with Crippen LogP contribution < -0.4 is 9.64 Å². The maximum atomic E-state index is 11.4. The molecule has 2 aliphatic heterocycles. The van der Waals surface area contributed by atoms with Crippen LogP contribution in [0.1, 0.15) is 16.7 Å². The molecule has 1 saturated heterocycles. The summed E-state index contributed by atoms with van der Waals surface area (Å²) in [7, 11) is 0. The standard InChI is InChI=1S/C20H20N4O3/c21-13-15-1-3-18(19(12-15)24(25)26)23-8-6-22(7-9-23)14-16-2-4-20-17(11-16)5-10-27-20/h1-4,11-12H,5-10,14H2. The third-order valence-corrected chi connectivity index (χ3v) is 5.17. The van der Waals surface area contributed by atoms with Gasteiger partial charge < -0.3 is 9.64 Å². The van der Waals surface area contributed by atoms with Crippen LogP contribution in [0.15, 0.2) is 36.4 Å². The predicted molar refractivity (Wildman–Crippen MR) is 101 cm³/mol. The molecule has 0 amide bonds. The van der Waals surface area contributed by atoms with E-state index in [9.17, 15) is 10.1 Å². The molecule has 0 spiro atoms. The number of ether oxygens (including phenoxy) is 1. The van der Waals surface area contributed by atoms with Gasteiger partial charge in [0.05, 0.1) is 23.2 Å². The molecule has 0 saturated carbocycles. The number of benzene rings is 2. The van der Waals surface area contributed by atoms with Crippen LogP contribution in [-0.4, -0.2) is 42.6 Å². The second-order valence-electron chi connectivity index (χ2n) is 6.88. The van der Waals surface area contributed by atoms with Crippen molar-refractivity contribution in [2.24, 2.45) is 0 Å². The lowest BCUT2D eigenvalue weighted by molar-refractivity contribution is -0.384. The lowest BCUT2D eigenvalue weighted by Crippen LogP contribution is -2.46. The summed E-state index contributed by atoms with van der Waals surface area (Å²) in [6, 6.07) is 13.0. The highest BCUT2D eigenvalue weighted by Gasteiger charge is 2.24. The lowest BCUT2D eigenvalue weighted by Gasteiger charge is -2.35. The number of nitriles is 1. The zero-order chi connectivity index (χ0) is 18.8. The van der Waals surface area contributed by atoms with Gasteiger partial charge in [-0.1, -0.05) is 12.1 Å². The Morgan fingerprint density at radius 1 is 1.15 bits per heavy atom. The fourth-order valence-corrected chi connectivity index (χ4v) is 3.75. The Labute approximate surface area is 157 Å². The van der Waals surface area contributed by atoms with Crippen molar-refractivity contribution < 1.29 is 9.66 Å². The molecule has 0 atom stereocenters. The summed E-state index contributed by atoms with van der Waals surface area (Å²) < 4.78 is 5.56. The second kappa shape index (κ2) is 7.25. The van der Waals surface area contributed by atoms with Crippen LogP contribution in [0.3, 0.4) is 0 Å². The molecule has 2 aromatic rings. The molecular weight excluding hydrogens is 344 g/mol. The van der Waals surface area contributed by atoms with Gasteiger partial charge in [0.1, 0.15) is 11.4 Å². The SMILES string of the molecule is N#Cc1ccc(N2CCN(Cc3ccc4c(c3)CCO4)CC2)c([N+](=O)[O-])c1. The smallest absolute Gasteiger partial charge is 0.293 e. The molecule has 138 valence electrons. The molecule has 0 N–H and O–H groups in total. The maximum absolute atomic E-state index is 11.4. The van der Waals surface area contributed by atoms with Gasteiger partial charge in [0.2, 0.25) is 0 Å². The highest BCUT2D eigenvalue weighted by atomic mass is 16.6. The van der Waals surface area contributed by atoms with Crippen LogP contribution in [0.5, 0.6) is 5.75 Å². The number of nitro benzene ring substituents is 1. The van der Waals surface area contributed by atoms with Gasteiger partial charge in [-0.05, 0) is 29.3 Å². The number of hydrogen-bond donors (Lipinski definition) is 0. The summed E-state index contributed by atoms with van der Waals surface area (Å²) in [5.74, 6) is 0.997. The topological polar surface area (TPSA) is 82.6 Å². The number of piperazine rings is 1. The van der Waals surface area contributed by atoms with Crippen molar-refractivity contribution in [3.05, 3.63) is 63.2 Å². The first-order valence-electron chi connectivity index (χ1n) is 9.04. The van der Waals surface area contributed by atoms with Gasteiger partial charge in [-0.2, -0.15) is 5.26 Å². The van der Waals surface area contributed by atoms with Crippen LogP contribution in [0.25, 0.3) is 0 Å². The van der Waals surface area contributed by atoms with Crippen LogP contribution in [-0.2, 0) is 13.0 Å². The van der Waals surface area contributed by atoms with Crippen LogP contribution in [0, 0.1) is 21.4 Å². The first-order valence-corrected chi connectivity index (χ1v) is 9.04. The molecule has 2 heterocycles. The third kappa shape index (κ3) is 3.57. The number of nitrogens with zero attached hydrogens (tertiary/aromatic N) is 4. The third-order valence-electron chi connectivity index (χ3n) is 5.17. The minimum absolute atomic E-state index is 0.00104. The van der Waals surface area contributed by atoms with Crippen molar-refractivity contribution in [1.82, 2.24) is 4.90 Å². The van der Waals surface area contributed by atoms with Crippen molar-refractivity contribution in [2.45, 2.75) is 13.0 Å². The Kier molecular flexibility index (Phi) is 4.65. The van der Waals surface area contributed by atoms with Gasteiger partial charge in [0.25, 0.3) is 5.69 Å². The first kappa shape index (κ1) is 17.3. The average Bonchev–Trinajstić information content (AvgIpc) is 3.16. The van der Waals surface area contributed by atoms with E-state index in [0.717, 1.165) is 51.5 Å². The molecular formula is C20H20N4O3. The number of anilines is 1. The maximum Gasteiger partial charge on any atom is 0.293 e. The zero-order valence-electron chi connectivity index (χ0n) is 14.9. The highest BCUT2D eigenvalue weighted by molar-refractivity contribution is 5.65. The molecule has 0 radical (unpaired) electrons. The Bertz CT molecular complexity index is 914. The summed E-state index contributed by atoms with van der Waals surface area (Å²) in [6.07, 6.45) is 0.972. The molecule has 7 heteroatoms. The van der Waals surface area contributed by atoms with Gasteiger partial charge in [-0.15, -0.1) is 0 Å². The van der Waals surface area contributed by atoms with E-state index in [-0.39, 0.29) is 5.69 Å². The zero-order valence-corrected chi connectivity index (χ0v) is 14.9. The molecule has 27 heavy (non-hydrogen) atoms. The molecule has 0 bridgehead atoms. The van der Waals surface area contributed by atoms with Gasteiger partial charge in [-0.3, -0.25) is 15.0 Å². The van der Waals surface area contributed by atoms with Crippen molar-refractivity contribution in [1.29, 1.82) is 5.26 Å². The Morgan fingerprint density at radius 2 is 1.96 bits per heavy atom. The summed E-state index contributed by atoms with van der Waals surface area (Å²) >= 11 is 0. The van der Waals surface area contributed by atoms with Crippen molar-refractivity contribution >= 4 is 11.4 Å². The summed E-state index contributed by atoms with van der Waals surface area (Å²) in [6.45, 7) is 4.76. The molecule has 0 unspecified atom stereocenters. The van der Waals surface area contributed by atoms with E-state index < -0.39 is 4.92 Å². The number of nitro groups is 1. The molecule has 7 nitrogen and oxygen atoms in total. The van der Waals surface area contributed by atoms with E-state index in [0.29, 0.717) is 11.3 Å². The van der Waals surface area contributed by atoms with E-state index in [4.69, 9.17) is 10.00 Å². The fraction of sp³-hybridized carbons (Fsp3) is 0.350. The lowest BCUT2D eigenvalue weighted by atomic mass is 10.1. The molecule has 0 aliphatic carbocycles. The van der Waals surface area contributed by atoms with Crippen molar-refractivity contribution in [2.75, 3.05) is 37.7 Å². The Hall–Kier alpha value is -3.11. The summed E-state index contributed by atoms with van der Waals surface area (Å²) in [4.78, 5) is 15.4. The number of fused-ring (bicyclic) bond motifs is 1. The number of hydrogen-bond acceptors (Lipinski definition) is 6. The predicted octanol–water partition coefficient (Wildman–Crippen LogP) is 2.72. The average molecular weight is 364 g/mol. The monoisotopic (exact) mass is 364 g/mol. The molecule has 0 aromatic heterocycles. The van der Waals surface area contributed by atoms with E-state index in [2.05, 4.69) is 17.0 Å². The fourth-order valence-electron chi connectivity index (χ4n) is 3.75. The second-order valence-corrected chi connectivity index (χ2v) is 6.88. The molecule has 2 aromatic carbocycles. The highest BCUT2D eigenvalue weighted by Crippen LogP contribution is 2.30. The minimum Gasteiger partial charge on any atom is -0.493 e. The minimum atomic E-state index is -0.408. The summed E-state index contributed by atoms with van der Waals surface area (Å²) in [5.41, 5.74) is 3.45. The van der Waals surface area contributed by atoms with Crippen molar-refractivity contribution in [3.8, 4) is 11.8 Å². The quantitative estimate of drug-likeness (QED) is 0.613. The van der Waals surface area contributed by atoms with Gasteiger partial charge in [0, 0.05) is 45.2 Å². The first-order chi connectivity index (χ1) is 13.1. The van der Waals surface area contributed by atoms with Gasteiger partial charge in [-0.25, -0.2) is 0 Å². The van der Waals surface area contributed by atoms with E-state index >= 15 is 0 Å². The van der Waals surface area contributed by atoms with E-state index in [1.165, 1.54) is 17.2 Å². The Morgan fingerprint density at radius 3 is 2.70 bits per heavy atom. The molecule has 4 rings (SSSR count). The van der Waals surface area contributed by atoms with Crippen LogP contribution in [0.2, 0.25) is 0 Å². The van der Waals surface area contributed by atoms with Gasteiger partial charge >= 0.3 is 0 Å². The van der Waals surface area contributed by atoms with Crippen LogP contribution in [0.4, 0.5) is 11.4 Å². The van der Waals surface area contributed by atoms with Crippen LogP contribution >= 0.6 is 0 Å². The van der Waals surface area contributed by atoms with Crippen molar-refractivity contribution in [3.63, 3.8) is 0 Å². The molecule has 1 fully saturated rings. The van der Waals surface area contributed by atoms with E-state index in [1.807, 2.05) is 17.0 Å². The largest absolute Gasteiger partial charge is 0.493 e. The molecule has 2 aliphatic rings. The number of rotatable bonds is 4.